The summed E-state index contributed by atoms with van der Waals surface area (Å²) in [6.45, 7) is 7.09. The van der Waals surface area contributed by atoms with E-state index in [9.17, 15) is 0 Å². The van der Waals surface area contributed by atoms with Crippen LogP contribution in [0.25, 0.3) is 0 Å². The summed E-state index contributed by atoms with van der Waals surface area (Å²) in [6, 6.07) is 7.32. The summed E-state index contributed by atoms with van der Waals surface area (Å²) in [7, 11) is -0.961. The van der Waals surface area contributed by atoms with E-state index < -0.39 is 8.07 Å². The van der Waals surface area contributed by atoms with Crippen molar-refractivity contribution < 1.29 is 0 Å². The number of nitrogens with zero attached hydrogens (tertiary/aromatic N) is 1. The summed E-state index contributed by atoms with van der Waals surface area (Å²) < 4.78 is 0. The van der Waals surface area contributed by atoms with Gasteiger partial charge in [-0.1, -0.05) is 25.7 Å². The van der Waals surface area contributed by atoms with Gasteiger partial charge in [-0.15, -0.1) is 0 Å². The molecule has 11 heavy (non-hydrogen) atoms. The maximum Gasteiger partial charge on any atom is 0.0506 e. The molecule has 1 aromatic heterocycles. The molecular formula is C9H15NSi. The lowest BCUT2D eigenvalue weighted by Crippen LogP contribution is -2.24. The smallest absolute Gasteiger partial charge is 0.0506 e. The Labute approximate surface area is 69.5 Å². The first-order chi connectivity index (χ1) is 5.08. The zero-order chi connectivity index (χ0) is 8.32. The zero-order valence-electron chi connectivity index (χ0n) is 7.46. The van der Waals surface area contributed by atoms with Crippen molar-refractivity contribution in [3.05, 3.63) is 30.1 Å². The first kappa shape index (κ1) is 8.46. The molecule has 0 aliphatic rings. The van der Waals surface area contributed by atoms with Crippen LogP contribution in [-0.4, -0.2) is 13.1 Å². The van der Waals surface area contributed by atoms with E-state index in [1.54, 1.807) is 0 Å². The third kappa shape index (κ3) is 3.32. The van der Waals surface area contributed by atoms with Gasteiger partial charge in [0.2, 0.25) is 0 Å². The Hall–Kier alpha value is -0.633. The molecule has 0 aliphatic heterocycles. The monoisotopic (exact) mass is 165 g/mol. The van der Waals surface area contributed by atoms with Gasteiger partial charge < -0.3 is 0 Å². The van der Waals surface area contributed by atoms with E-state index in [-0.39, 0.29) is 0 Å². The quantitative estimate of drug-likeness (QED) is 0.614. The Morgan fingerprint density at radius 2 is 2.00 bits per heavy atom. The Morgan fingerprint density at radius 3 is 2.45 bits per heavy atom. The topological polar surface area (TPSA) is 12.9 Å². The van der Waals surface area contributed by atoms with Crippen LogP contribution in [0.5, 0.6) is 0 Å². The average Bonchev–Trinajstić information content (AvgIpc) is 1.85. The number of rotatable bonds is 2. The molecule has 1 rings (SSSR count). The molecule has 0 spiro atoms. The van der Waals surface area contributed by atoms with Crippen molar-refractivity contribution >= 4 is 8.07 Å². The molecule has 2 heteroatoms. The number of pyridine rings is 1. The fraction of sp³-hybridized carbons (Fsp3) is 0.444. The second-order valence-corrected chi connectivity index (χ2v) is 9.53. The molecule has 0 bridgehead atoms. The zero-order valence-corrected chi connectivity index (χ0v) is 8.46. The van der Waals surface area contributed by atoms with Crippen molar-refractivity contribution in [3.8, 4) is 0 Å². The van der Waals surface area contributed by atoms with Gasteiger partial charge in [-0.05, 0) is 18.2 Å². The molecule has 0 N–H and O–H groups in total. The van der Waals surface area contributed by atoms with Crippen molar-refractivity contribution in [3.63, 3.8) is 0 Å². The highest BCUT2D eigenvalue weighted by atomic mass is 28.3. The van der Waals surface area contributed by atoms with Crippen molar-refractivity contribution in [1.82, 2.24) is 4.98 Å². The van der Waals surface area contributed by atoms with Crippen molar-refractivity contribution in [2.45, 2.75) is 25.7 Å². The second kappa shape index (κ2) is 3.18. The van der Waals surface area contributed by atoms with Gasteiger partial charge in [-0.2, -0.15) is 0 Å². The van der Waals surface area contributed by atoms with Crippen LogP contribution in [0.3, 0.4) is 0 Å². The molecule has 0 unspecified atom stereocenters. The standard InChI is InChI=1S/C9H15NSi/c1-11(2,3)8-9-6-4-5-7-10-9/h4-7H,8H2,1-3H3. The van der Waals surface area contributed by atoms with Crippen LogP contribution in [-0.2, 0) is 6.04 Å². The minimum atomic E-state index is -0.961. The van der Waals surface area contributed by atoms with Gasteiger partial charge in [-0.25, -0.2) is 0 Å². The summed E-state index contributed by atoms with van der Waals surface area (Å²) in [5.41, 5.74) is 1.24. The van der Waals surface area contributed by atoms with E-state index in [1.165, 1.54) is 11.7 Å². The summed E-state index contributed by atoms with van der Waals surface area (Å²) >= 11 is 0. The molecule has 0 fully saturated rings. The first-order valence-electron chi connectivity index (χ1n) is 3.98. The molecule has 0 atom stereocenters. The van der Waals surface area contributed by atoms with Gasteiger partial charge in [-0.3, -0.25) is 4.98 Å². The van der Waals surface area contributed by atoms with Crippen LogP contribution in [0, 0.1) is 0 Å². The fourth-order valence-corrected chi connectivity index (χ4v) is 2.34. The van der Waals surface area contributed by atoms with E-state index in [0.717, 1.165) is 0 Å². The summed E-state index contributed by atoms with van der Waals surface area (Å²) in [5, 5.41) is 0. The molecule has 0 aromatic carbocycles. The minimum Gasteiger partial charge on any atom is -0.262 e. The van der Waals surface area contributed by atoms with Crippen LogP contribution in [0.15, 0.2) is 24.4 Å². The molecule has 0 saturated carbocycles. The molecular weight excluding hydrogens is 150 g/mol. The Morgan fingerprint density at radius 1 is 1.27 bits per heavy atom. The van der Waals surface area contributed by atoms with Crippen molar-refractivity contribution in [2.75, 3.05) is 0 Å². The Kier molecular flexibility index (Phi) is 2.44. The predicted octanol–water partition coefficient (Wildman–Crippen LogP) is 2.50. The van der Waals surface area contributed by atoms with Gasteiger partial charge in [0.05, 0.1) is 8.07 Å². The van der Waals surface area contributed by atoms with Gasteiger partial charge in [0.1, 0.15) is 0 Å². The van der Waals surface area contributed by atoms with Crippen LogP contribution >= 0.6 is 0 Å². The SMILES string of the molecule is C[Si](C)(C)Cc1ccccn1. The van der Waals surface area contributed by atoms with Gasteiger partial charge >= 0.3 is 0 Å². The van der Waals surface area contributed by atoms with Gasteiger partial charge in [0, 0.05) is 11.9 Å². The van der Waals surface area contributed by atoms with Crippen LogP contribution in [0.1, 0.15) is 5.69 Å². The highest BCUT2D eigenvalue weighted by Crippen LogP contribution is 2.08. The van der Waals surface area contributed by atoms with E-state index in [1.807, 2.05) is 12.3 Å². The predicted molar refractivity (Wildman–Crippen MR) is 51.3 cm³/mol. The molecule has 0 saturated heterocycles. The van der Waals surface area contributed by atoms with Gasteiger partial charge in [0.25, 0.3) is 0 Å². The largest absolute Gasteiger partial charge is 0.262 e. The summed E-state index contributed by atoms with van der Waals surface area (Å²) in [6.07, 6.45) is 1.87. The normalized spacial score (nSPS) is 11.5. The lowest BCUT2D eigenvalue weighted by molar-refractivity contribution is 1.14. The average molecular weight is 165 g/mol. The highest BCUT2D eigenvalue weighted by Gasteiger charge is 2.13. The highest BCUT2D eigenvalue weighted by molar-refractivity contribution is 6.75. The van der Waals surface area contributed by atoms with Crippen molar-refractivity contribution in [2.24, 2.45) is 0 Å². The number of aromatic nitrogens is 1. The maximum atomic E-state index is 4.30. The molecule has 0 amide bonds. The number of hydrogen-bond acceptors (Lipinski definition) is 1. The minimum absolute atomic E-state index is 0.961. The van der Waals surface area contributed by atoms with E-state index in [2.05, 4.69) is 36.8 Å². The van der Waals surface area contributed by atoms with Crippen LogP contribution < -0.4 is 0 Å². The lowest BCUT2D eigenvalue weighted by Gasteiger charge is -2.14. The summed E-state index contributed by atoms with van der Waals surface area (Å²) in [4.78, 5) is 4.30. The third-order valence-corrected chi connectivity index (χ3v) is 2.86. The Bertz CT molecular complexity index is 213. The number of hydrogen-bond donors (Lipinski definition) is 0. The van der Waals surface area contributed by atoms with Crippen LogP contribution in [0.2, 0.25) is 19.6 Å². The molecule has 1 nitrogen and oxygen atoms in total. The molecule has 1 heterocycles. The van der Waals surface area contributed by atoms with E-state index >= 15 is 0 Å². The second-order valence-electron chi connectivity index (χ2n) is 4.06. The molecule has 60 valence electrons. The first-order valence-corrected chi connectivity index (χ1v) is 7.68. The van der Waals surface area contributed by atoms with Crippen molar-refractivity contribution in [1.29, 1.82) is 0 Å². The molecule has 0 radical (unpaired) electrons. The molecule has 0 aliphatic carbocycles. The lowest BCUT2D eigenvalue weighted by atomic mass is 10.4. The van der Waals surface area contributed by atoms with Crippen LogP contribution in [0.4, 0.5) is 0 Å². The van der Waals surface area contributed by atoms with E-state index in [4.69, 9.17) is 0 Å². The third-order valence-electron chi connectivity index (χ3n) is 1.44. The fourth-order valence-electron chi connectivity index (χ4n) is 1.05. The molecule has 1 aromatic rings. The Balaban J connectivity index is 2.66. The van der Waals surface area contributed by atoms with Gasteiger partial charge in [0.15, 0.2) is 0 Å². The summed E-state index contributed by atoms with van der Waals surface area (Å²) in [5.74, 6) is 0. The maximum absolute atomic E-state index is 4.30. The van der Waals surface area contributed by atoms with E-state index in [0.29, 0.717) is 0 Å².